The monoisotopic (exact) mass is 264 g/mol. The van der Waals surface area contributed by atoms with E-state index in [0.29, 0.717) is 0 Å². The molecule has 94 valence electrons. The van der Waals surface area contributed by atoms with Crippen molar-refractivity contribution in [2.45, 2.75) is 0 Å². The predicted octanol–water partition coefficient (Wildman–Crippen LogP) is 1.33. The normalized spacial score (nSPS) is 15.9. The highest BCUT2D eigenvalue weighted by Crippen LogP contribution is 2.27. The van der Waals surface area contributed by atoms with Gasteiger partial charge in [0.2, 0.25) is 0 Å². The lowest BCUT2D eigenvalue weighted by molar-refractivity contribution is -0.655. The third kappa shape index (κ3) is 2.37. The number of hydrogen-bond acceptors (Lipinski definition) is 3. The second-order valence-electron chi connectivity index (χ2n) is 4.38. The molecule has 18 heavy (non-hydrogen) atoms. The number of anilines is 1. The molecular formula is C13H15FN3S+. The van der Waals surface area contributed by atoms with E-state index in [1.54, 1.807) is 23.5 Å². The molecule has 0 unspecified atom stereocenters. The van der Waals surface area contributed by atoms with E-state index in [9.17, 15) is 4.39 Å². The highest BCUT2D eigenvalue weighted by Gasteiger charge is 2.16. The minimum absolute atomic E-state index is 0.208. The molecule has 0 amide bonds. The number of thiazole rings is 1. The van der Waals surface area contributed by atoms with E-state index in [4.69, 9.17) is 0 Å². The number of nitrogens with zero attached hydrogens (tertiary/aromatic N) is 2. The van der Waals surface area contributed by atoms with Gasteiger partial charge in [0.15, 0.2) is 5.13 Å². The molecule has 3 rings (SSSR count). The summed E-state index contributed by atoms with van der Waals surface area (Å²) in [5.74, 6) is -0.208. The maximum atomic E-state index is 12.9. The average molecular weight is 264 g/mol. The Bertz CT molecular complexity index is 517. The van der Waals surface area contributed by atoms with Crippen molar-refractivity contribution in [3.05, 3.63) is 35.5 Å². The third-order valence-corrected chi connectivity index (χ3v) is 4.01. The number of nitrogens with two attached hydrogens (primary N) is 1. The van der Waals surface area contributed by atoms with E-state index in [2.05, 4.69) is 15.2 Å². The molecule has 1 aromatic carbocycles. The molecule has 0 radical (unpaired) electrons. The molecule has 0 atom stereocenters. The summed E-state index contributed by atoms with van der Waals surface area (Å²) in [6, 6.07) is 6.50. The van der Waals surface area contributed by atoms with Crippen molar-refractivity contribution in [3.8, 4) is 11.3 Å². The summed E-state index contributed by atoms with van der Waals surface area (Å²) in [4.78, 5) is 6.96. The van der Waals surface area contributed by atoms with E-state index >= 15 is 0 Å². The van der Waals surface area contributed by atoms with Gasteiger partial charge in [-0.25, -0.2) is 9.37 Å². The van der Waals surface area contributed by atoms with Crippen LogP contribution in [0.1, 0.15) is 0 Å². The van der Waals surface area contributed by atoms with Gasteiger partial charge in [-0.15, -0.1) is 11.3 Å². The lowest BCUT2D eigenvalue weighted by Gasteiger charge is -2.24. The van der Waals surface area contributed by atoms with Crippen molar-refractivity contribution < 1.29 is 9.71 Å². The Hall–Kier alpha value is -1.46. The van der Waals surface area contributed by atoms with Crippen LogP contribution in [-0.4, -0.2) is 31.2 Å². The van der Waals surface area contributed by atoms with Crippen LogP contribution in [0.5, 0.6) is 0 Å². The summed E-state index contributed by atoms with van der Waals surface area (Å²) >= 11 is 1.66. The molecule has 0 saturated carbocycles. The lowest BCUT2D eigenvalue weighted by atomic mass is 10.2. The highest BCUT2D eigenvalue weighted by atomic mass is 32.1. The standard InChI is InChI=1S/C13H14FN3S/c14-11-3-1-10(2-4-11)12-9-18-13(16-12)17-7-5-15-6-8-17/h1-4,9,15H,5-8H2/p+1. The molecule has 1 aliphatic rings. The van der Waals surface area contributed by atoms with E-state index in [1.807, 2.05) is 5.38 Å². The van der Waals surface area contributed by atoms with Gasteiger partial charge in [-0.05, 0) is 24.3 Å². The Morgan fingerprint density at radius 3 is 2.61 bits per heavy atom. The Balaban J connectivity index is 1.82. The molecule has 0 spiro atoms. The molecule has 1 fully saturated rings. The number of benzene rings is 1. The Labute approximate surface area is 109 Å². The second kappa shape index (κ2) is 5.04. The van der Waals surface area contributed by atoms with Crippen LogP contribution in [0.4, 0.5) is 9.52 Å². The predicted molar refractivity (Wildman–Crippen MR) is 71.4 cm³/mol. The first-order chi connectivity index (χ1) is 8.83. The third-order valence-electron chi connectivity index (χ3n) is 3.11. The number of quaternary nitrogens is 1. The van der Waals surface area contributed by atoms with Gasteiger partial charge in [-0.2, -0.15) is 0 Å². The minimum atomic E-state index is -0.208. The molecule has 2 heterocycles. The van der Waals surface area contributed by atoms with Gasteiger partial charge in [-0.3, -0.25) is 0 Å². The van der Waals surface area contributed by atoms with Crippen LogP contribution in [0.3, 0.4) is 0 Å². The van der Waals surface area contributed by atoms with Gasteiger partial charge >= 0.3 is 0 Å². The van der Waals surface area contributed by atoms with Crippen molar-refractivity contribution in [1.82, 2.24) is 4.98 Å². The quantitative estimate of drug-likeness (QED) is 0.887. The fraction of sp³-hybridized carbons (Fsp3) is 0.308. The Morgan fingerprint density at radius 2 is 1.89 bits per heavy atom. The van der Waals surface area contributed by atoms with E-state index in [1.165, 1.54) is 12.1 Å². The maximum absolute atomic E-state index is 12.9. The molecule has 5 heteroatoms. The molecule has 0 aliphatic carbocycles. The molecule has 1 aromatic heterocycles. The van der Waals surface area contributed by atoms with Gasteiger partial charge in [-0.1, -0.05) is 0 Å². The largest absolute Gasteiger partial charge is 0.343 e. The summed E-state index contributed by atoms with van der Waals surface area (Å²) in [5.41, 5.74) is 1.91. The van der Waals surface area contributed by atoms with Crippen LogP contribution in [0.25, 0.3) is 11.3 Å². The zero-order valence-corrected chi connectivity index (χ0v) is 10.8. The van der Waals surface area contributed by atoms with Crippen LogP contribution in [0, 0.1) is 5.82 Å². The number of piperazine rings is 1. The highest BCUT2D eigenvalue weighted by molar-refractivity contribution is 7.14. The lowest BCUT2D eigenvalue weighted by Crippen LogP contribution is -2.89. The summed E-state index contributed by atoms with van der Waals surface area (Å²) in [6.45, 7) is 4.36. The topological polar surface area (TPSA) is 32.7 Å². The van der Waals surface area contributed by atoms with Crippen LogP contribution in [-0.2, 0) is 0 Å². The smallest absolute Gasteiger partial charge is 0.186 e. The molecule has 2 aromatic rings. The summed E-state index contributed by atoms with van der Waals surface area (Å²) < 4.78 is 12.9. The Morgan fingerprint density at radius 1 is 1.17 bits per heavy atom. The van der Waals surface area contributed by atoms with Crippen LogP contribution >= 0.6 is 11.3 Å². The first-order valence-electron chi connectivity index (χ1n) is 6.11. The maximum Gasteiger partial charge on any atom is 0.186 e. The van der Waals surface area contributed by atoms with E-state index in [0.717, 1.165) is 42.6 Å². The van der Waals surface area contributed by atoms with Crippen molar-refractivity contribution in [2.24, 2.45) is 0 Å². The summed E-state index contributed by atoms with van der Waals surface area (Å²) in [6.07, 6.45) is 0. The first-order valence-corrected chi connectivity index (χ1v) is 6.99. The van der Waals surface area contributed by atoms with Crippen molar-refractivity contribution in [1.29, 1.82) is 0 Å². The number of halogens is 1. The molecule has 2 N–H and O–H groups in total. The zero-order valence-electron chi connectivity index (χ0n) is 9.97. The van der Waals surface area contributed by atoms with Gasteiger partial charge in [0.1, 0.15) is 5.82 Å². The Kier molecular flexibility index (Phi) is 3.25. The number of aromatic nitrogens is 1. The fourth-order valence-corrected chi connectivity index (χ4v) is 2.99. The van der Waals surface area contributed by atoms with Gasteiger partial charge in [0, 0.05) is 10.9 Å². The van der Waals surface area contributed by atoms with Gasteiger partial charge < -0.3 is 10.2 Å². The molecule has 3 nitrogen and oxygen atoms in total. The number of rotatable bonds is 2. The van der Waals surface area contributed by atoms with Crippen molar-refractivity contribution in [3.63, 3.8) is 0 Å². The first kappa shape index (κ1) is 11.6. The molecular weight excluding hydrogens is 249 g/mol. The van der Waals surface area contributed by atoms with Gasteiger partial charge in [0.05, 0.1) is 31.9 Å². The zero-order chi connectivity index (χ0) is 12.4. The molecule has 1 saturated heterocycles. The van der Waals surface area contributed by atoms with Crippen molar-refractivity contribution >= 4 is 16.5 Å². The van der Waals surface area contributed by atoms with Crippen LogP contribution in [0.2, 0.25) is 0 Å². The fourth-order valence-electron chi connectivity index (χ4n) is 2.10. The van der Waals surface area contributed by atoms with Crippen LogP contribution in [0.15, 0.2) is 29.6 Å². The molecule has 1 aliphatic heterocycles. The summed E-state index contributed by atoms with van der Waals surface area (Å²) in [5, 5.41) is 5.44. The second-order valence-corrected chi connectivity index (χ2v) is 5.21. The minimum Gasteiger partial charge on any atom is -0.343 e. The van der Waals surface area contributed by atoms with E-state index in [-0.39, 0.29) is 5.82 Å². The SMILES string of the molecule is Fc1ccc(-c2csc(N3CC[NH2+]CC3)n2)cc1. The van der Waals surface area contributed by atoms with Crippen molar-refractivity contribution in [2.75, 3.05) is 31.1 Å². The summed E-state index contributed by atoms with van der Waals surface area (Å²) in [7, 11) is 0. The van der Waals surface area contributed by atoms with Gasteiger partial charge in [0.25, 0.3) is 0 Å². The number of hydrogen-bond donors (Lipinski definition) is 1. The van der Waals surface area contributed by atoms with E-state index < -0.39 is 0 Å². The molecule has 0 bridgehead atoms. The van der Waals surface area contributed by atoms with Crippen LogP contribution < -0.4 is 10.2 Å². The average Bonchev–Trinajstić information content (AvgIpc) is 2.90.